The fraction of sp³-hybridized carbons (Fsp3) is 0.273. The van der Waals surface area contributed by atoms with Crippen LogP contribution in [-0.2, 0) is 11.2 Å². The Bertz CT molecular complexity index is 1020. The highest BCUT2D eigenvalue weighted by Crippen LogP contribution is 2.37. The molecule has 2 heterocycles. The molecular formula is C22H21FN2O3S. The lowest BCUT2D eigenvalue weighted by Crippen LogP contribution is -2.14. The number of hydrogen-bond donors (Lipinski definition) is 0. The molecule has 0 aliphatic carbocycles. The van der Waals surface area contributed by atoms with Crippen LogP contribution in [0.1, 0.15) is 32.0 Å². The normalized spacial score (nSPS) is 12.8. The Morgan fingerprint density at radius 3 is 2.52 bits per heavy atom. The first-order valence-corrected chi connectivity index (χ1v) is 10.2. The summed E-state index contributed by atoms with van der Waals surface area (Å²) < 4.78 is 29.9. The van der Waals surface area contributed by atoms with Crippen LogP contribution >= 0.6 is 11.8 Å². The summed E-state index contributed by atoms with van der Waals surface area (Å²) in [5, 5.41) is 0.609. The van der Waals surface area contributed by atoms with Gasteiger partial charge in [-0.05, 0) is 29.8 Å². The van der Waals surface area contributed by atoms with Crippen molar-refractivity contribution in [3.05, 3.63) is 65.6 Å². The van der Waals surface area contributed by atoms with Gasteiger partial charge < -0.3 is 14.2 Å². The maximum Gasteiger partial charge on any atom is 0.231 e. The minimum Gasteiger partial charge on any atom is -0.454 e. The Balaban J connectivity index is 1.57. The second-order valence-corrected chi connectivity index (χ2v) is 8.60. The van der Waals surface area contributed by atoms with E-state index < -0.39 is 0 Å². The topological polar surface area (TPSA) is 53.5 Å². The zero-order valence-corrected chi connectivity index (χ0v) is 17.3. The van der Waals surface area contributed by atoms with Crippen molar-refractivity contribution >= 4 is 11.8 Å². The average Bonchev–Trinajstić information content (AvgIpc) is 3.14. The van der Waals surface area contributed by atoms with Gasteiger partial charge in [-0.2, -0.15) is 4.98 Å². The standard InChI is InChI=1S/C22H21FN2O3S/c1-22(2,3)19-11-20(28-16-8-9-17-18(10-16)27-13-26-17)25-21(24-19)29-12-14-4-6-15(23)7-5-14/h4-11H,12-13H2,1-3H3. The predicted octanol–water partition coefficient (Wildman–Crippen LogP) is 5.73. The number of hydrogen-bond acceptors (Lipinski definition) is 6. The van der Waals surface area contributed by atoms with Gasteiger partial charge in [0.05, 0.1) is 5.69 Å². The van der Waals surface area contributed by atoms with Crippen molar-refractivity contribution < 1.29 is 18.6 Å². The van der Waals surface area contributed by atoms with E-state index in [1.807, 2.05) is 18.2 Å². The third-order valence-electron chi connectivity index (χ3n) is 4.30. The molecule has 0 fully saturated rings. The molecule has 0 unspecified atom stereocenters. The van der Waals surface area contributed by atoms with Crippen LogP contribution in [0.4, 0.5) is 4.39 Å². The Kier molecular flexibility index (Phi) is 5.32. The van der Waals surface area contributed by atoms with Crippen molar-refractivity contribution in [3.63, 3.8) is 0 Å². The zero-order chi connectivity index (χ0) is 20.4. The molecule has 4 rings (SSSR count). The predicted molar refractivity (Wildman–Crippen MR) is 109 cm³/mol. The second kappa shape index (κ2) is 7.91. The fourth-order valence-corrected chi connectivity index (χ4v) is 3.50. The molecule has 2 aromatic carbocycles. The van der Waals surface area contributed by atoms with Crippen LogP contribution in [0, 0.1) is 5.82 Å². The molecule has 1 aliphatic heterocycles. The van der Waals surface area contributed by atoms with E-state index in [-0.39, 0.29) is 18.0 Å². The molecule has 0 radical (unpaired) electrons. The number of benzene rings is 2. The largest absolute Gasteiger partial charge is 0.454 e. The van der Waals surface area contributed by atoms with Crippen molar-refractivity contribution in [1.82, 2.24) is 9.97 Å². The summed E-state index contributed by atoms with van der Waals surface area (Å²) in [4.78, 5) is 9.24. The maximum atomic E-state index is 13.1. The van der Waals surface area contributed by atoms with Gasteiger partial charge in [0.25, 0.3) is 0 Å². The molecule has 7 heteroatoms. The summed E-state index contributed by atoms with van der Waals surface area (Å²) in [5.74, 6) is 2.82. The van der Waals surface area contributed by atoms with Gasteiger partial charge in [-0.25, -0.2) is 9.37 Å². The van der Waals surface area contributed by atoms with Crippen molar-refractivity contribution in [1.29, 1.82) is 0 Å². The van der Waals surface area contributed by atoms with Crippen LogP contribution in [0.3, 0.4) is 0 Å². The van der Waals surface area contributed by atoms with E-state index in [1.54, 1.807) is 18.2 Å². The molecule has 0 spiro atoms. The Labute approximate surface area is 173 Å². The molecule has 1 aliphatic rings. The van der Waals surface area contributed by atoms with Gasteiger partial charge in [0.15, 0.2) is 16.7 Å². The molecule has 5 nitrogen and oxygen atoms in total. The van der Waals surface area contributed by atoms with Gasteiger partial charge in [-0.15, -0.1) is 0 Å². The first-order valence-electron chi connectivity index (χ1n) is 9.21. The van der Waals surface area contributed by atoms with Gasteiger partial charge in [0, 0.05) is 23.3 Å². The molecule has 0 bridgehead atoms. The Morgan fingerprint density at radius 1 is 1.00 bits per heavy atom. The van der Waals surface area contributed by atoms with Crippen molar-refractivity contribution in [2.24, 2.45) is 0 Å². The molecule has 3 aromatic rings. The first kappa shape index (κ1) is 19.5. The van der Waals surface area contributed by atoms with Gasteiger partial charge in [0.1, 0.15) is 11.6 Å². The van der Waals surface area contributed by atoms with Crippen molar-refractivity contribution in [2.45, 2.75) is 37.1 Å². The van der Waals surface area contributed by atoms with Crippen molar-refractivity contribution in [3.8, 4) is 23.1 Å². The van der Waals surface area contributed by atoms with Crippen LogP contribution in [0.5, 0.6) is 23.1 Å². The van der Waals surface area contributed by atoms with Gasteiger partial charge in [0.2, 0.25) is 12.7 Å². The van der Waals surface area contributed by atoms with E-state index in [0.29, 0.717) is 34.0 Å². The van der Waals surface area contributed by atoms with Crippen LogP contribution in [0.2, 0.25) is 0 Å². The molecule has 29 heavy (non-hydrogen) atoms. The maximum absolute atomic E-state index is 13.1. The van der Waals surface area contributed by atoms with E-state index in [4.69, 9.17) is 14.2 Å². The molecule has 0 saturated carbocycles. The summed E-state index contributed by atoms with van der Waals surface area (Å²) in [6.07, 6.45) is 0. The highest BCUT2D eigenvalue weighted by Gasteiger charge is 2.20. The zero-order valence-electron chi connectivity index (χ0n) is 16.4. The van der Waals surface area contributed by atoms with Crippen LogP contribution in [0.15, 0.2) is 53.7 Å². The summed E-state index contributed by atoms with van der Waals surface area (Å²) >= 11 is 1.49. The summed E-state index contributed by atoms with van der Waals surface area (Å²) in [5.41, 5.74) is 1.71. The van der Waals surface area contributed by atoms with E-state index in [9.17, 15) is 4.39 Å². The van der Waals surface area contributed by atoms with E-state index in [0.717, 1.165) is 11.3 Å². The van der Waals surface area contributed by atoms with Crippen molar-refractivity contribution in [2.75, 3.05) is 6.79 Å². The molecule has 0 amide bonds. The molecular weight excluding hydrogens is 391 g/mol. The third-order valence-corrected chi connectivity index (χ3v) is 5.22. The quantitative estimate of drug-likeness (QED) is 0.394. The van der Waals surface area contributed by atoms with Gasteiger partial charge in [-0.3, -0.25) is 0 Å². The highest BCUT2D eigenvalue weighted by atomic mass is 32.2. The molecule has 0 N–H and O–H groups in total. The minimum absolute atomic E-state index is 0.166. The first-order chi connectivity index (χ1) is 13.9. The SMILES string of the molecule is CC(C)(C)c1cc(Oc2ccc3c(c2)OCO3)nc(SCc2ccc(F)cc2)n1. The van der Waals surface area contributed by atoms with E-state index in [1.165, 1.54) is 23.9 Å². The lowest BCUT2D eigenvalue weighted by Gasteiger charge is -2.19. The number of nitrogens with zero attached hydrogens (tertiary/aromatic N) is 2. The van der Waals surface area contributed by atoms with E-state index >= 15 is 0 Å². The highest BCUT2D eigenvalue weighted by molar-refractivity contribution is 7.98. The average molecular weight is 412 g/mol. The summed E-state index contributed by atoms with van der Waals surface area (Å²) in [6.45, 7) is 6.49. The number of halogens is 1. The Morgan fingerprint density at radius 2 is 1.76 bits per heavy atom. The number of fused-ring (bicyclic) bond motifs is 1. The van der Waals surface area contributed by atoms with Crippen LogP contribution < -0.4 is 14.2 Å². The lowest BCUT2D eigenvalue weighted by molar-refractivity contribution is 0.174. The van der Waals surface area contributed by atoms with E-state index in [2.05, 4.69) is 30.7 Å². The number of aromatic nitrogens is 2. The second-order valence-electron chi connectivity index (χ2n) is 7.66. The molecule has 0 saturated heterocycles. The molecule has 150 valence electrons. The minimum atomic E-state index is -0.246. The third kappa shape index (κ3) is 4.79. The molecule has 0 atom stereocenters. The number of ether oxygens (including phenoxy) is 3. The molecule has 1 aromatic heterocycles. The lowest BCUT2D eigenvalue weighted by atomic mass is 9.92. The smallest absolute Gasteiger partial charge is 0.231 e. The van der Waals surface area contributed by atoms with Gasteiger partial charge in [-0.1, -0.05) is 44.7 Å². The summed E-state index contributed by atoms with van der Waals surface area (Å²) in [6, 6.07) is 13.7. The van der Waals surface area contributed by atoms with Crippen LogP contribution in [-0.4, -0.2) is 16.8 Å². The number of rotatable bonds is 5. The Hall–Kier alpha value is -2.80. The van der Waals surface area contributed by atoms with Crippen LogP contribution in [0.25, 0.3) is 0 Å². The summed E-state index contributed by atoms with van der Waals surface area (Å²) in [7, 11) is 0. The fourth-order valence-electron chi connectivity index (χ4n) is 2.69. The monoisotopic (exact) mass is 412 g/mol. The van der Waals surface area contributed by atoms with Gasteiger partial charge >= 0.3 is 0 Å². The number of thioether (sulfide) groups is 1.